The Bertz CT molecular complexity index is 115. The highest BCUT2D eigenvalue weighted by molar-refractivity contribution is 8.10. The van der Waals surface area contributed by atoms with Crippen molar-refractivity contribution in [3.63, 3.8) is 0 Å². The Kier molecular flexibility index (Phi) is 15.4. The van der Waals surface area contributed by atoms with Gasteiger partial charge in [0, 0.05) is 39.3 Å². The molecule has 0 fully saturated rings. The Morgan fingerprint density at radius 2 is 1.21 bits per heavy atom. The molecule has 14 heavy (non-hydrogen) atoms. The number of thiol groups is 1. The van der Waals surface area contributed by atoms with Crippen molar-refractivity contribution in [2.75, 3.05) is 39.3 Å². The van der Waals surface area contributed by atoms with Crippen molar-refractivity contribution in [2.45, 2.75) is 0 Å². The van der Waals surface area contributed by atoms with Crippen molar-refractivity contribution in [1.29, 1.82) is 0 Å². The average molecular weight is 239 g/mol. The van der Waals surface area contributed by atoms with E-state index in [1.807, 2.05) is 0 Å². The number of rotatable bonds is 6. The summed E-state index contributed by atoms with van der Waals surface area (Å²) in [7, 11) is 0. The highest BCUT2D eigenvalue weighted by atomic mass is 32.1. The third kappa shape index (κ3) is 18.0. The largest absolute Gasteiger partial charge is 0.385 e. The van der Waals surface area contributed by atoms with E-state index in [0.717, 1.165) is 19.6 Å². The molecule has 0 aliphatic heterocycles. The van der Waals surface area contributed by atoms with Crippen LogP contribution in [0, 0.1) is 0 Å². The molecule has 0 atom stereocenters. The second kappa shape index (κ2) is 13.1. The first kappa shape index (κ1) is 16.5. The summed E-state index contributed by atoms with van der Waals surface area (Å²) in [5, 5.41) is 0. The summed E-state index contributed by atoms with van der Waals surface area (Å²) >= 11 is 7.65. The van der Waals surface area contributed by atoms with Crippen LogP contribution in [0.4, 0.5) is 0 Å². The molecular formula is C7H21N5S2. The van der Waals surface area contributed by atoms with Crippen LogP contribution in [0.3, 0.4) is 0 Å². The normalized spacial score (nSPS) is 9.50. The molecule has 0 aliphatic carbocycles. The lowest BCUT2D eigenvalue weighted by molar-refractivity contribution is 0.297. The molecule has 0 rings (SSSR count). The Morgan fingerprint density at radius 1 is 1.00 bits per heavy atom. The Hall–Kier alpha value is 0.0800. The van der Waals surface area contributed by atoms with E-state index in [2.05, 4.69) is 29.7 Å². The quantitative estimate of drug-likeness (QED) is 0.280. The van der Waals surface area contributed by atoms with Gasteiger partial charge in [0.05, 0.1) is 0 Å². The van der Waals surface area contributed by atoms with Crippen molar-refractivity contribution >= 4 is 29.2 Å². The number of nitrogens with zero attached hydrogens (tertiary/aromatic N) is 1. The maximum atomic E-state index is 5.37. The Labute approximate surface area is 96.6 Å². The minimum atomic E-state index is 0.194. The molecule has 7 heteroatoms. The van der Waals surface area contributed by atoms with E-state index in [1.54, 1.807) is 0 Å². The van der Waals surface area contributed by atoms with Crippen LogP contribution in [-0.2, 0) is 0 Å². The van der Waals surface area contributed by atoms with Crippen molar-refractivity contribution in [1.82, 2.24) is 4.90 Å². The zero-order valence-electron chi connectivity index (χ0n) is 8.35. The van der Waals surface area contributed by atoms with Crippen LogP contribution in [-0.4, -0.2) is 48.5 Å². The van der Waals surface area contributed by atoms with E-state index >= 15 is 0 Å². The summed E-state index contributed by atoms with van der Waals surface area (Å²) in [5.41, 5.74) is 20.8. The maximum absolute atomic E-state index is 5.37. The monoisotopic (exact) mass is 239 g/mol. The van der Waals surface area contributed by atoms with Gasteiger partial charge in [0.15, 0.2) is 0 Å². The van der Waals surface area contributed by atoms with Gasteiger partial charge in [-0.1, -0.05) is 12.2 Å². The highest BCUT2D eigenvalue weighted by Gasteiger charge is 1.98. The number of nitrogens with two attached hydrogens (primary N) is 4. The van der Waals surface area contributed by atoms with Crippen LogP contribution in [0.2, 0.25) is 0 Å². The molecule has 0 spiro atoms. The third-order valence-electron chi connectivity index (χ3n) is 1.34. The van der Waals surface area contributed by atoms with Crippen LogP contribution in [0.1, 0.15) is 0 Å². The van der Waals surface area contributed by atoms with Gasteiger partial charge < -0.3 is 22.9 Å². The SMILES string of the molecule is NC(=S)S.NCCN(CCN)CCN. The molecule has 0 amide bonds. The molecular weight excluding hydrogens is 218 g/mol. The maximum Gasteiger partial charge on any atom is 0.128 e. The van der Waals surface area contributed by atoms with Gasteiger partial charge in [-0.3, -0.25) is 4.90 Å². The molecule has 0 aromatic carbocycles. The third-order valence-corrected chi connectivity index (χ3v) is 1.34. The van der Waals surface area contributed by atoms with E-state index in [-0.39, 0.29) is 4.32 Å². The van der Waals surface area contributed by atoms with E-state index in [4.69, 9.17) is 22.9 Å². The summed E-state index contributed by atoms with van der Waals surface area (Å²) in [5.74, 6) is 0. The summed E-state index contributed by atoms with van der Waals surface area (Å²) in [4.78, 5) is 2.17. The van der Waals surface area contributed by atoms with Gasteiger partial charge >= 0.3 is 0 Å². The molecule has 86 valence electrons. The van der Waals surface area contributed by atoms with Gasteiger partial charge in [-0.2, -0.15) is 0 Å². The van der Waals surface area contributed by atoms with Crippen LogP contribution in [0.5, 0.6) is 0 Å². The molecule has 0 aliphatic rings. The van der Waals surface area contributed by atoms with Gasteiger partial charge in [0.1, 0.15) is 4.32 Å². The number of hydrogen-bond donors (Lipinski definition) is 5. The van der Waals surface area contributed by atoms with Crippen LogP contribution in [0.15, 0.2) is 0 Å². The van der Waals surface area contributed by atoms with Crippen LogP contribution < -0.4 is 22.9 Å². The van der Waals surface area contributed by atoms with Crippen molar-refractivity contribution < 1.29 is 0 Å². The van der Waals surface area contributed by atoms with Gasteiger partial charge in [-0.25, -0.2) is 0 Å². The summed E-state index contributed by atoms with van der Waals surface area (Å²) in [6, 6.07) is 0. The van der Waals surface area contributed by atoms with Gasteiger partial charge in [0.25, 0.3) is 0 Å². The second-order valence-electron chi connectivity index (χ2n) is 2.55. The lowest BCUT2D eigenvalue weighted by Gasteiger charge is -2.18. The molecule has 8 N–H and O–H groups in total. The van der Waals surface area contributed by atoms with Crippen LogP contribution >= 0.6 is 24.8 Å². The van der Waals surface area contributed by atoms with Crippen molar-refractivity contribution in [3.8, 4) is 0 Å². The van der Waals surface area contributed by atoms with Crippen LogP contribution in [0.25, 0.3) is 0 Å². The highest BCUT2D eigenvalue weighted by Crippen LogP contribution is 1.81. The van der Waals surface area contributed by atoms with E-state index < -0.39 is 0 Å². The number of thiocarbonyl (C=S) groups is 1. The molecule has 0 radical (unpaired) electrons. The standard InChI is InChI=1S/C6H18N4.CH3NS2/c7-1-4-10(5-2-8)6-3-9;2-1(3)4/h1-9H2;(H3,2,3,4). The molecule has 0 aromatic rings. The summed E-state index contributed by atoms with van der Waals surface area (Å²) in [6.07, 6.45) is 0. The topological polar surface area (TPSA) is 107 Å². The zero-order chi connectivity index (χ0) is 11.4. The van der Waals surface area contributed by atoms with Gasteiger partial charge in [-0.15, -0.1) is 12.6 Å². The van der Waals surface area contributed by atoms with E-state index in [9.17, 15) is 0 Å². The first-order valence-electron chi connectivity index (χ1n) is 4.39. The van der Waals surface area contributed by atoms with E-state index in [1.165, 1.54) is 0 Å². The molecule has 0 saturated carbocycles. The smallest absolute Gasteiger partial charge is 0.128 e. The predicted octanol–water partition coefficient (Wildman–Crippen LogP) is -1.68. The summed E-state index contributed by atoms with van der Waals surface area (Å²) < 4.78 is 0.194. The molecule has 0 heterocycles. The second-order valence-corrected chi connectivity index (χ2v) is 3.77. The predicted molar refractivity (Wildman–Crippen MR) is 69.4 cm³/mol. The van der Waals surface area contributed by atoms with Crippen molar-refractivity contribution in [2.24, 2.45) is 22.9 Å². The summed E-state index contributed by atoms with van der Waals surface area (Å²) in [6.45, 7) is 4.73. The molecule has 0 unspecified atom stereocenters. The Morgan fingerprint density at radius 3 is 1.36 bits per heavy atom. The molecule has 0 saturated heterocycles. The Balaban J connectivity index is 0. The first-order valence-corrected chi connectivity index (χ1v) is 5.25. The number of hydrogen-bond acceptors (Lipinski definition) is 5. The molecule has 0 aromatic heterocycles. The fraction of sp³-hybridized carbons (Fsp3) is 0.857. The van der Waals surface area contributed by atoms with E-state index in [0.29, 0.717) is 19.6 Å². The van der Waals surface area contributed by atoms with Crippen molar-refractivity contribution in [3.05, 3.63) is 0 Å². The molecule has 5 nitrogen and oxygen atoms in total. The zero-order valence-corrected chi connectivity index (χ0v) is 10.1. The van der Waals surface area contributed by atoms with Gasteiger partial charge in [0.2, 0.25) is 0 Å². The lowest BCUT2D eigenvalue weighted by atomic mass is 10.4. The minimum absolute atomic E-state index is 0.194. The fourth-order valence-corrected chi connectivity index (χ4v) is 0.883. The lowest BCUT2D eigenvalue weighted by Crippen LogP contribution is -2.37. The first-order chi connectivity index (χ1) is 6.58. The van der Waals surface area contributed by atoms with Gasteiger partial charge in [-0.05, 0) is 0 Å². The minimum Gasteiger partial charge on any atom is -0.385 e. The fourth-order valence-electron chi connectivity index (χ4n) is 0.883. The molecule has 0 bridgehead atoms. The average Bonchev–Trinajstić information content (AvgIpc) is 2.04.